The molecule has 0 saturated heterocycles. The lowest BCUT2D eigenvalue weighted by Crippen LogP contribution is -2.38. The minimum absolute atomic E-state index is 0.220. The van der Waals surface area contributed by atoms with Crippen molar-refractivity contribution >= 4 is 102 Å². The first-order valence-electron chi connectivity index (χ1n) is 23.9. The highest BCUT2D eigenvalue weighted by Crippen LogP contribution is 2.39. The Morgan fingerprint density at radius 2 is 0.843 bits per heavy atom. The minimum Gasteiger partial charge on any atom is -0.478 e. The highest BCUT2D eigenvalue weighted by atomic mass is 28.3. The van der Waals surface area contributed by atoms with Gasteiger partial charge in [-0.1, -0.05) is 142 Å². The van der Waals surface area contributed by atoms with Gasteiger partial charge in [0.05, 0.1) is 50.1 Å². The molecule has 2 aliphatic heterocycles. The van der Waals surface area contributed by atoms with Crippen molar-refractivity contribution in [1.82, 2.24) is 19.9 Å². The van der Waals surface area contributed by atoms with Crippen LogP contribution in [0.3, 0.4) is 0 Å². The van der Waals surface area contributed by atoms with Gasteiger partial charge in [0.2, 0.25) is 0 Å². The zero-order valence-electron chi connectivity index (χ0n) is 41.7. The third-order valence-electron chi connectivity index (χ3n) is 13.0. The molecule has 7 aromatic rings. The van der Waals surface area contributed by atoms with Crippen LogP contribution in [0.4, 0.5) is 0 Å². The van der Waals surface area contributed by atoms with Crippen molar-refractivity contribution in [2.45, 2.75) is 77.6 Å². The summed E-state index contributed by atoms with van der Waals surface area (Å²) in [4.78, 5) is 44.5. The van der Waals surface area contributed by atoms with E-state index < -0.39 is 45.7 Å². The highest BCUT2D eigenvalue weighted by Gasteiger charge is 2.25. The predicted octanol–water partition coefficient (Wildman–Crippen LogP) is 13.5. The molecule has 9 rings (SSSR count). The average molecular weight is 989 g/mol. The Hall–Kier alpha value is -6.71. The topological polar surface area (TPSA) is 132 Å². The van der Waals surface area contributed by atoms with E-state index in [4.69, 9.17) is 9.97 Å². The summed E-state index contributed by atoms with van der Waals surface area (Å²) >= 11 is 0. The molecule has 0 saturated carbocycles. The van der Waals surface area contributed by atoms with Gasteiger partial charge < -0.3 is 20.2 Å². The number of aromatic nitrogens is 4. The van der Waals surface area contributed by atoms with Gasteiger partial charge in [0.1, 0.15) is 0 Å². The van der Waals surface area contributed by atoms with Crippen LogP contribution in [0.5, 0.6) is 0 Å². The van der Waals surface area contributed by atoms with E-state index in [1.54, 1.807) is 18.2 Å². The molecule has 0 atom stereocenters. The molecular weight excluding hydrogens is 929 g/mol. The summed E-state index contributed by atoms with van der Waals surface area (Å²) in [7, 11) is -5.11. The number of carbonyl (C=O) groups is 2. The molecule has 5 heterocycles. The first-order valence-corrected chi connectivity index (χ1v) is 36.3. The van der Waals surface area contributed by atoms with Crippen molar-refractivity contribution < 1.29 is 19.8 Å². The SMILES string of the molecule is C[Si](C)Cc1cccc(-c2c3nc(c(-c4cc(C[Si](C)C)cc(C(=O)O)c4)c4ccc([nH]4)c(-c4cc(C(=O)O)cc([Si](C)(C)C)c4)c4nc(c(-c5cccc([Si](C)(C)C)c5)c5ccc2[nH]5)C=C4)C=C3)c1. The molecule has 352 valence electrons. The Morgan fingerprint density at radius 1 is 0.457 bits per heavy atom. The van der Waals surface area contributed by atoms with Gasteiger partial charge in [-0.25, -0.2) is 19.6 Å². The molecule has 2 aliphatic rings. The molecule has 0 aliphatic carbocycles. The van der Waals surface area contributed by atoms with Crippen LogP contribution < -0.4 is 10.4 Å². The van der Waals surface area contributed by atoms with Gasteiger partial charge in [0.15, 0.2) is 0 Å². The zero-order valence-corrected chi connectivity index (χ0v) is 45.7. The van der Waals surface area contributed by atoms with E-state index in [2.05, 4.69) is 160 Å². The van der Waals surface area contributed by atoms with Crippen molar-refractivity contribution in [1.29, 1.82) is 0 Å². The second kappa shape index (κ2) is 18.9. The summed E-state index contributed by atoms with van der Waals surface area (Å²) in [6, 6.07) is 39.3. The molecule has 0 unspecified atom stereocenters. The maximum absolute atomic E-state index is 12.9. The molecule has 8 nitrogen and oxygen atoms in total. The Morgan fingerprint density at radius 3 is 1.30 bits per heavy atom. The number of hydrogen-bond acceptors (Lipinski definition) is 4. The number of H-pyrrole nitrogens is 2. The minimum atomic E-state index is -2.04. The van der Waals surface area contributed by atoms with Crippen molar-refractivity contribution in [3.63, 3.8) is 0 Å². The highest BCUT2D eigenvalue weighted by molar-refractivity contribution is 6.89. The number of rotatable bonds is 12. The maximum Gasteiger partial charge on any atom is 0.335 e. The van der Waals surface area contributed by atoms with Crippen LogP contribution in [-0.4, -0.2) is 75.8 Å². The number of aromatic amines is 2. The smallest absolute Gasteiger partial charge is 0.335 e. The van der Waals surface area contributed by atoms with Crippen molar-refractivity contribution in [2.24, 2.45) is 0 Å². The quantitative estimate of drug-likeness (QED) is 0.0902. The number of nitrogens with one attached hydrogen (secondary N) is 2. The number of aromatic carboxylic acids is 2. The predicted molar refractivity (Wildman–Crippen MR) is 303 cm³/mol. The number of benzene rings is 4. The van der Waals surface area contributed by atoms with E-state index in [0.717, 1.165) is 101 Å². The first kappa shape index (κ1) is 48.3. The van der Waals surface area contributed by atoms with Gasteiger partial charge >= 0.3 is 11.9 Å². The third-order valence-corrected chi connectivity index (χ3v) is 19.3. The van der Waals surface area contributed by atoms with Crippen LogP contribution in [0, 0.1) is 0 Å². The van der Waals surface area contributed by atoms with Gasteiger partial charge in [0, 0.05) is 61.9 Å². The molecule has 0 fully saturated rings. The summed E-state index contributed by atoms with van der Waals surface area (Å²) in [6.45, 7) is 22.9. The standard InChI is InChI=1S/C58H60N4O4Si4/c1-67(2)33-35-13-11-14-37(25-35)53-45-17-18-47(59-45)54(38-15-12-16-43(30-38)69(5,6)7)48-20-22-51(61-48)56(40-29-42(58(65)66)32-44(31-40)70(8,9)10)52-24-23-50(62-52)55(49-21-19-46(53)60-49)39-26-36(34-68(3)4)27-41(28-39)57(63)64/h11-32,59,62H,33-34H2,1-10H3,(H,63,64)(H,65,66). The lowest BCUT2D eigenvalue weighted by atomic mass is 9.98. The second-order valence-electron chi connectivity index (χ2n) is 21.4. The Balaban J connectivity index is 1.49. The normalized spacial score (nSPS) is 12.6. The summed E-state index contributed by atoms with van der Waals surface area (Å²) in [5.41, 5.74) is 16.0. The monoisotopic (exact) mass is 988 g/mol. The fraction of sp³-hybridized carbons (Fsp3) is 0.207. The van der Waals surface area contributed by atoms with Crippen LogP contribution in [0.15, 0.2) is 109 Å². The molecule has 12 heteroatoms. The molecule has 4 aromatic carbocycles. The number of fused-ring (bicyclic) bond motifs is 8. The van der Waals surface area contributed by atoms with E-state index in [9.17, 15) is 19.8 Å². The van der Waals surface area contributed by atoms with E-state index >= 15 is 0 Å². The second-order valence-corrected chi connectivity index (χ2v) is 37.1. The third kappa shape index (κ3) is 9.99. The van der Waals surface area contributed by atoms with Crippen molar-refractivity contribution in [3.05, 3.63) is 154 Å². The number of carboxylic acid groups (broad SMARTS) is 2. The zero-order chi connectivity index (χ0) is 49.8. The largest absolute Gasteiger partial charge is 0.478 e. The van der Waals surface area contributed by atoms with Crippen LogP contribution in [0.2, 0.25) is 65.5 Å². The molecule has 0 amide bonds. The Bertz CT molecular complexity index is 3500. The Kier molecular flexibility index (Phi) is 13.0. The summed E-state index contributed by atoms with van der Waals surface area (Å²) < 4.78 is 0. The van der Waals surface area contributed by atoms with Gasteiger partial charge in [-0.3, -0.25) is 0 Å². The molecular formula is C58H60N4O4Si4. The van der Waals surface area contributed by atoms with E-state index in [1.807, 2.05) is 30.4 Å². The number of carboxylic acids is 2. The lowest BCUT2D eigenvalue weighted by molar-refractivity contribution is 0.0686. The summed E-state index contributed by atoms with van der Waals surface area (Å²) in [5, 5.41) is 23.4. The molecule has 3 aromatic heterocycles. The molecule has 4 N–H and O–H groups in total. The van der Waals surface area contributed by atoms with E-state index in [0.29, 0.717) is 11.4 Å². The maximum atomic E-state index is 12.9. The van der Waals surface area contributed by atoms with Gasteiger partial charge in [-0.15, -0.1) is 0 Å². The number of nitrogens with zero attached hydrogens (tertiary/aromatic N) is 2. The van der Waals surface area contributed by atoms with E-state index in [-0.39, 0.29) is 11.1 Å². The Labute approximate surface area is 416 Å². The van der Waals surface area contributed by atoms with Crippen molar-refractivity contribution in [2.75, 3.05) is 0 Å². The van der Waals surface area contributed by atoms with Gasteiger partial charge in [-0.05, 0) is 113 Å². The van der Waals surface area contributed by atoms with Crippen LogP contribution in [0.25, 0.3) is 90.9 Å². The molecule has 2 radical (unpaired) electrons. The fourth-order valence-electron chi connectivity index (χ4n) is 9.61. The van der Waals surface area contributed by atoms with Gasteiger partial charge in [0.25, 0.3) is 0 Å². The number of hydrogen-bond donors (Lipinski definition) is 4. The lowest BCUT2D eigenvalue weighted by Gasteiger charge is -2.19. The summed E-state index contributed by atoms with van der Waals surface area (Å²) in [6.07, 6.45) is 8.25. The molecule has 0 spiro atoms. The van der Waals surface area contributed by atoms with Crippen molar-refractivity contribution in [3.8, 4) is 44.5 Å². The van der Waals surface area contributed by atoms with E-state index in [1.165, 1.54) is 10.8 Å². The molecule has 70 heavy (non-hydrogen) atoms. The van der Waals surface area contributed by atoms with Crippen LogP contribution >= 0.6 is 0 Å². The fourth-order valence-corrected chi connectivity index (χ4v) is 14.0. The van der Waals surface area contributed by atoms with Gasteiger partial charge in [-0.2, -0.15) is 0 Å². The summed E-state index contributed by atoms with van der Waals surface area (Å²) in [5.74, 6) is -1.98. The van der Waals surface area contributed by atoms with Crippen LogP contribution in [-0.2, 0) is 12.1 Å². The molecule has 8 bridgehead atoms. The van der Waals surface area contributed by atoms with Crippen LogP contribution in [0.1, 0.15) is 54.6 Å². The first-order chi connectivity index (χ1) is 33.2. The average Bonchev–Trinajstić information content (AvgIpc) is 4.14.